The second-order valence-corrected chi connectivity index (χ2v) is 5.43. The van der Waals surface area contributed by atoms with E-state index in [2.05, 4.69) is 5.16 Å². The van der Waals surface area contributed by atoms with Gasteiger partial charge in [0.1, 0.15) is 17.2 Å². The molecule has 1 heterocycles. The Morgan fingerprint density at radius 3 is 2.50 bits per heavy atom. The van der Waals surface area contributed by atoms with Gasteiger partial charge < -0.3 is 14.3 Å². The monoisotopic (exact) mass is 343 g/mol. The SMILES string of the molecule is COc1ccc(OC)c(/C=C2\C(=O)ON=C2c2ccc(Cl)cc2)c1. The smallest absolute Gasteiger partial charge is 0.368 e. The average molecular weight is 344 g/mol. The summed E-state index contributed by atoms with van der Waals surface area (Å²) in [5, 5.41) is 4.48. The maximum atomic E-state index is 12.1. The van der Waals surface area contributed by atoms with Crippen molar-refractivity contribution in [3.8, 4) is 11.5 Å². The second-order valence-electron chi connectivity index (χ2n) is 4.99. The molecule has 0 aliphatic carbocycles. The van der Waals surface area contributed by atoms with E-state index in [0.717, 1.165) is 5.56 Å². The van der Waals surface area contributed by atoms with Crippen molar-refractivity contribution >= 4 is 29.4 Å². The van der Waals surface area contributed by atoms with Crippen molar-refractivity contribution < 1.29 is 19.1 Å². The lowest BCUT2D eigenvalue weighted by Crippen LogP contribution is -2.07. The highest BCUT2D eigenvalue weighted by Gasteiger charge is 2.27. The highest BCUT2D eigenvalue weighted by Crippen LogP contribution is 2.29. The summed E-state index contributed by atoms with van der Waals surface area (Å²) in [6, 6.07) is 12.3. The quantitative estimate of drug-likeness (QED) is 0.627. The first-order valence-electron chi connectivity index (χ1n) is 7.11. The van der Waals surface area contributed by atoms with Crippen molar-refractivity contribution in [1.82, 2.24) is 0 Å². The molecule has 122 valence electrons. The molecule has 0 saturated heterocycles. The van der Waals surface area contributed by atoms with Crippen LogP contribution in [0.2, 0.25) is 5.02 Å². The van der Waals surface area contributed by atoms with Crippen molar-refractivity contribution in [2.24, 2.45) is 5.16 Å². The molecule has 0 atom stereocenters. The van der Waals surface area contributed by atoms with Gasteiger partial charge in [-0.2, -0.15) is 0 Å². The van der Waals surface area contributed by atoms with Gasteiger partial charge in [-0.3, -0.25) is 0 Å². The highest BCUT2D eigenvalue weighted by molar-refractivity contribution is 6.32. The molecule has 0 spiro atoms. The number of carbonyl (C=O) groups is 1. The third-order valence-corrected chi connectivity index (χ3v) is 3.80. The van der Waals surface area contributed by atoms with Crippen molar-refractivity contribution in [2.75, 3.05) is 14.2 Å². The molecule has 6 heteroatoms. The van der Waals surface area contributed by atoms with Crippen LogP contribution in [-0.4, -0.2) is 25.9 Å². The third kappa shape index (κ3) is 3.12. The fourth-order valence-electron chi connectivity index (χ4n) is 2.33. The van der Waals surface area contributed by atoms with Gasteiger partial charge in [0.25, 0.3) is 0 Å². The van der Waals surface area contributed by atoms with Crippen LogP contribution in [0.5, 0.6) is 11.5 Å². The van der Waals surface area contributed by atoms with Crippen LogP contribution in [0.15, 0.2) is 53.2 Å². The lowest BCUT2D eigenvalue weighted by atomic mass is 10.0. The van der Waals surface area contributed by atoms with Gasteiger partial charge in [-0.15, -0.1) is 0 Å². The first-order chi connectivity index (χ1) is 11.6. The number of hydrogen-bond acceptors (Lipinski definition) is 5. The van der Waals surface area contributed by atoms with E-state index in [9.17, 15) is 4.79 Å². The molecule has 0 radical (unpaired) electrons. The Balaban J connectivity index is 2.06. The maximum absolute atomic E-state index is 12.1. The second kappa shape index (κ2) is 6.76. The number of hydrogen-bond donors (Lipinski definition) is 0. The van der Waals surface area contributed by atoms with Crippen LogP contribution in [0.1, 0.15) is 11.1 Å². The van der Waals surface area contributed by atoms with Crippen molar-refractivity contribution in [3.05, 3.63) is 64.2 Å². The van der Waals surface area contributed by atoms with E-state index >= 15 is 0 Å². The molecule has 0 fully saturated rings. The predicted octanol–water partition coefficient (Wildman–Crippen LogP) is 3.70. The van der Waals surface area contributed by atoms with Crippen LogP contribution >= 0.6 is 11.6 Å². The van der Waals surface area contributed by atoms with Gasteiger partial charge in [-0.1, -0.05) is 28.9 Å². The zero-order valence-electron chi connectivity index (χ0n) is 13.1. The molecular weight excluding hydrogens is 330 g/mol. The van der Waals surface area contributed by atoms with Gasteiger partial charge in [-0.25, -0.2) is 4.79 Å². The Bertz CT molecular complexity index is 841. The summed E-state index contributed by atoms with van der Waals surface area (Å²) in [7, 11) is 3.13. The molecule has 5 nitrogen and oxygen atoms in total. The van der Waals surface area contributed by atoms with Gasteiger partial charge >= 0.3 is 5.97 Å². The van der Waals surface area contributed by atoms with Crippen molar-refractivity contribution in [2.45, 2.75) is 0 Å². The Labute approximate surface area is 144 Å². The minimum absolute atomic E-state index is 0.337. The number of benzene rings is 2. The first-order valence-corrected chi connectivity index (χ1v) is 7.49. The van der Waals surface area contributed by atoms with E-state index in [0.29, 0.717) is 33.4 Å². The van der Waals surface area contributed by atoms with E-state index in [1.165, 1.54) is 0 Å². The molecular formula is C18H14ClNO4. The molecule has 0 bridgehead atoms. The number of rotatable bonds is 4. The van der Waals surface area contributed by atoms with Crippen LogP contribution < -0.4 is 9.47 Å². The summed E-state index contributed by atoms with van der Waals surface area (Å²) >= 11 is 5.90. The Morgan fingerprint density at radius 1 is 1.08 bits per heavy atom. The number of ether oxygens (including phenoxy) is 2. The number of nitrogens with zero attached hydrogens (tertiary/aromatic N) is 1. The first kappa shape index (κ1) is 16.1. The largest absolute Gasteiger partial charge is 0.497 e. The maximum Gasteiger partial charge on any atom is 0.368 e. The van der Waals surface area contributed by atoms with Gasteiger partial charge in [0, 0.05) is 16.1 Å². The molecule has 0 saturated carbocycles. The van der Waals surface area contributed by atoms with Crippen molar-refractivity contribution in [1.29, 1.82) is 0 Å². The minimum atomic E-state index is -0.523. The summed E-state index contributed by atoms with van der Waals surface area (Å²) in [6.07, 6.45) is 1.67. The van der Waals surface area contributed by atoms with Crippen LogP contribution in [-0.2, 0) is 9.63 Å². The normalized spacial score (nSPS) is 15.2. The summed E-state index contributed by atoms with van der Waals surface area (Å²) in [4.78, 5) is 16.9. The van der Waals surface area contributed by atoms with Crippen LogP contribution in [0.4, 0.5) is 0 Å². The van der Waals surface area contributed by atoms with Gasteiger partial charge in [0.15, 0.2) is 0 Å². The van der Waals surface area contributed by atoms with E-state index < -0.39 is 5.97 Å². The zero-order valence-corrected chi connectivity index (χ0v) is 13.8. The third-order valence-electron chi connectivity index (χ3n) is 3.55. The average Bonchev–Trinajstić information content (AvgIpc) is 2.96. The van der Waals surface area contributed by atoms with E-state index in [1.54, 1.807) is 62.8 Å². The Hall–Kier alpha value is -2.79. The van der Waals surface area contributed by atoms with Crippen LogP contribution in [0.25, 0.3) is 6.08 Å². The number of oxime groups is 1. The molecule has 0 amide bonds. The Morgan fingerprint density at radius 2 is 1.83 bits per heavy atom. The van der Waals surface area contributed by atoms with E-state index in [4.69, 9.17) is 25.9 Å². The molecule has 0 N–H and O–H groups in total. The summed E-state index contributed by atoms with van der Waals surface area (Å²) < 4.78 is 10.6. The number of carbonyl (C=O) groups excluding carboxylic acids is 1. The van der Waals surface area contributed by atoms with Gasteiger partial charge in [-0.05, 0) is 36.4 Å². The minimum Gasteiger partial charge on any atom is -0.497 e. The molecule has 24 heavy (non-hydrogen) atoms. The van der Waals surface area contributed by atoms with Crippen LogP contribution in [0.3, 0.4) is 0 Å². The van der Waals surface area contributed by atoms with E-state index in [1.807, 2.05) is 0 Å². The summed E-state index contributed by atoms with van der Waals surface area (Å²) in [5.41, 5.74) is 2.20. The lowest BCUT2D eigenvalue weighted by Gasteiger charge is -2.08. The number of halogens is 1. The number of methoxy groups -OCH3 is 2. The molecule has 3 rings (SSSR count). The van der Waals surface area contributed by atoms with Crippen molar-refractivity contribution in [3.63, 3.8) is 0 Å². The highest BCUT2D eigenvalue weighted by atomic mass is 35.5. The predicted molar refractivity (Wildman–Crippen MR) is 91.6 cm³/mol. The van der Waals surface area contributed by atoms with Crippen LogP contribution in [0, 0.1) is 0 Å². The summed E-state index contributed by atoms with van der Waals surface area (Å²) in [6.45, 7) is 0. The Kier molecular flexibility index (Phi) is 4.53. The molecule has 0 aromatic heterocycles. The standard InChI is InChI=1S/C18H14ClNO4/c1-22-14-7-8-16(23-2)12(9-14)10-15-17(20-24-18(15)21)11-3-5-13(19)6-4-11/h3-10H,1-2H3/b15-10-. The van der Waals surface area contributed by atoms with Gasteiger partial charge in [0.2, 0.25) is 0 Å². The topological polar surface area (TPSA) is 57.1 Å². The summed E-state index contributed by atoms with van der Waals surface area (Å²) in [5.74, 6) is 0.738. The van der Waals surface area contributed by atoms with E-state index in [-0.39, 0.29) is 0 Å². The molecule has 2 aromatic carbocycles. The molecule has 1 aliphatic heterocycles. The van der Waals surface area contributed by atoms with Gasteiger partial charge in [0.05, 0.1) is 19.8 Å². The molecule has 1 aliphatic rings. The fraction of sp³-hybridized carbons (Fsp3) is 0.111. The molecule has 0 unspecified atom stereocenters. The lowest BCUT2D eigenvalue weighted by molar-refractivity contribution is -0.136. The fourth-order valence-corrected chi connectivity index (χ4v) is 2.46. The molecule has 2 aromatic rings. The zero-order chi connectivity index (χ0) is 17.1.